The number of benzene rings is 1. The molecule has 1 aromatic rings. The van der Waals surface area contributed by atoms with Crippen molar-refractivity contribution in [1.82, 2.24) is 0 Å². The van der Waals surface area contributed by atoms with E-state index in [1.165, 1.54) is 13.0 Å². The first-order valence-electron chi connectivity index (χ1n) is 7.32. The molecule has 0 radical (unpaired) electrons. The van der Waals surface area contributed by atoms with Crippen LogP contribution in [0.2, 0.25) is 0 Å². The average molecular weight is 361 g/mol. The van der Waals surface area contributed by atoms with Crippen LogP contribution in [0.4, 0.5) is 14.5 Å². The molecule has 1 fully saturated rings. The van der Waals surface area contributed by atoms with Crippen LogP contribution in [0.1, 0.15) is 19.8 Å². The molecule has 0 unspecified atom stereocenters. The van der Waals surface area contributed by atoms with Gasteiger partial charge in [0.25, 0.3) is 5.91 Å². The Labute approximate surface area is 138 Å². The molecule has 6 nitrogen and oxygen atoms in total. The fourth-order valence-electron chi connectivity index (χ4n) is 2.39. The van der Waals surface area contributed by atoms with Gasteiger partial charge in [0.1, 0.15) is 0 Å². The summed E-state index contributed by atoms with van der Waals surface area (Å²) in [4.78, 5) is 23.7. The molecule has 9 heteroatoms. The van der Waals surface area contributed by atoms with Crippen molar-refractivity contribution in [1.29, 1.82) is 0 Å². The van der Waals surface area contributed by atoms with Crippen molar-refractivity contribution < 1.29 is 31.5 Å². The minimum Gasteiger partial charge on any atom is -0.453 e. The molecule has 1 aromatic carbocycles. The van der Waals surface area contributed by atoms with Crippen molar-refractivity contribution in [2.45, 2.75) is 25.9 Å². The fraction of sp³-hybridized carbons (Fsp3) is 0.467. The summed E-state index contributed by atoms with van der Waals surface area (Å²) in [5.74, 6) is -3.84. The number of anilines is 1. The van der Waals surface area contributed by atoms with Gasteiger partial charge in [0.05, 0.1) is 11.5 Å². The van der Waals surface area contributed by atoms with Crippen LogP contribution in [0.25, 0.3) is 0 Å². The second kappa shape index (κ2) is 7.25. The minimum absolute atomic E-state index is 0.0312. The number of amides is 1. The molecule has 0 spiro atoms. The number of rotatable bonds is 5. The van der Waals surface area contributed by atoms with E-state index in [-0.39, 0.29) is 29.5 Å². The normalized spacial score (nSPS) is 20.4. The Bertz CT molecular complexity index is 750. The van der Waals surface area contributed by atoms with E-state index in [1.54, 1.807) is 0 Å². The SMILES string of the molecule is C[C@H](OC(=O)C[C@@H]1CCS(=O)(=O)C1)C(=O)Nc1ccc(F)c(F)c1. The fourth-order valence-corrected chi connectivity index (χ4v) is 4.25. The van der Waals surface area contributed by atoms with Gasteiger partial charge in [-0.2, -0.15) is 0 Å². The molecule has 0 aromatic heterocycles. The van der Waals surface area contributed by atoms with Gasteiger partial charge in [0, 0.05) is 18.2 Å². The van der Waals surface area contributed by atoms with E-state index in [1.807, 2.05) is 0 Å². The van der Waals surface area contributed by atoms with E-state index < -0.39 is 39.5 Å². The maximum Gasteiger partial charge on any atom is 0.306 e. The minimum atomic E-state index is -3.09. The largest absolute Gasteiger partial charge is 0.453 e. The number of hydrogen-bond donors (Lipinski definition) is 1. The number of hydrogen-bond acceptors (Lipinski definition) is 5. The summed E-state index contributed by atoms with van der Waals surface area (Å²) in [6, 6.07) is 2.85. The molecule has 132 valence electrons. The first kappa shape index (κ1) is 18.3. The lowest BCUT2D eigenvalue weighted by molar-refractivity contribution is -0.153. The van der Waals surface area contributed by atoms with Crippen molar-refractivity contribution in [3.8, 4) is 0 Å². The lowest BCUT2D eigenvalue weighted by Gasteiger charge is -2.15. The highest BCUT2D eigenvalue weighted by atomic mass is 32.2. The highest BCUT2D eigenvalue weighted by Crippen LogP contribution is 2.22. The van der Waals surface area contributed by atoms with Gasteiger partial charge in [-0.25, -0.2) is 17.2 Å². The van der Waals surface area contributed by atoms with E-state index in [0.717, 1.165) is 12.1 Å². The molecule has 1 N–H and O–H groups in total. The quantitative estimate of drug-likeness (QED) is 0.806. The summed E-state index contributed by atoms with van der Waals surface area (Å²) in [6.07, 6.45) is -0.835. The molecule has 1 amide bonds. The molecular formula is C15H17F2NO5S. The van der Waals surface area contributed by atoms with Crippen LogP contribution in [0, 0.1) is 17.6 Å². The van der Waals surface area contributed by atoms with Crippen molar-refractivity contribution in [3.63, 3.8) is 0 Å². The zero-order valence-corrected chi connectivity index (χ0v) is 13.7. The van der Waals surface area contributed by atoms with Crippen LogP contribution >= 0.6 is 0 Å². The highest BCUT2D eigenvalue weighted by Gasteiger charge is 2.30. The molecular weight excluding hydrogens is 344 g/mol. The summed E-state index contributed by atoms with van der Waals surface area (Å²) < 4.78 is 53.5. The van der Waals surface area contributed by atoms with Gasteiger partial charge in [-0.15, -0.1) is 0 Å². The van der Waals surface area contributed by atoms with Crippen LogP contribution in [-0.2, 0) is 24.2 Å². The first-order valence-corrected chi connectivity index (χ1v) is 9.14. The van der Waals surface area contributed by atoms with Gasteiger partial charge in [-0.05, 0) is 31.4 Å². The van der Waals surface area contributed by atoms with Crippen LogP contribution in [0.15, 0.2) is 18.2 Å². The van der Waals surface area contributed by atoms with Crippen molar-refractivity contribution in [3.05, 3.63) is 29.8 Å². The Hall–Kier alpha value is -2.03. The Morgan fingerprint density at radius 2 is 2.04 bits per heavy atom. The lowest BCUT2D eigenvalue weighted by atomic mass is 10.1. The number of halogens is 2. The van der Waals surface area contributed by atoms with Crippen molar-refractivity contribution in [2.75, 3.05) is 16.8 Å². The molecule has 24 heavy (non-hydrogen) atoms. The van der Waals surface area contributed by atoms with Crippen molar-refractivity contribution >= 4 is 27.4 Å². The highest BCUT2D eigenvalue weighted by molar-refractivity contribution is 7.91. The van der Waals surface area contributed by atoms with Gasteiger partial charge in [-0.1, -0.05) is 0 Å². The third-order valence-corrected chi connectivity index (χ3v) is 5.48. The average Bonchev–Trinajstić information content (AvgIpc) is 2.81. The molecule has 0 saturated carbocycles. The summed E-state index contributed by atoms with van der Waals surface area (Å²) in [5.41, 5.74) is 0.0312. The number of sulfone groups is 1. The first-order chi connectivity index (χ1) is 11.2. The van der Waals surface area contributed by atoms with E-state index >= 15 is 0 Å². The zero-order valence-electron chi connectivity index (χ0n) is 12.9. The van der Waals surface area contributed by atoms with Crippen LogP contribution in [-0.4, -0.2) is 37.9 Å². The zero-order chi connectivity index (χ0) is 17.9. The maximum absolute atomic E-state index is 13.1. The summed E-state index contributed by atoms with van der Waals surface area (Å²) in [5, 5.41) is 2.30. The Kier molecular flexibility index (Phi) is 5.53. The van der Waals surface area contributed by atoms with E-state index in [0.29, 0.717) is 6.42 Å². The summed E-state index contributed by atoms with van der Waals surface area (Å²) in [6.45, 7) is 1.33. The standard InChI is InChI=1S/C15H17F2NO5S/c1-9(15(20)18-11-2-3-12(16)13(17)7-11)23-14(19)6-10-4-5-24(21,22)8-10/h2-3,7,9-10H,4-6,8H2,1H3,(H,18,20)/t9-,10-/m0/s1. The van der Waals surface area contributed by atoms with E-state index in [9.17, 15) is 26.8 Å². The number of carbonyl (C=O) groups is 2. The molecule has 2 rings (SSSR count). The Morgan fingerprint density at radius 1 is 1.33 bits per heavy atom. The number of esters is 1. The number of carbonyl (C=O) groups excluding carboxylic acids is 2. The molecule has 1 aliphatic rings. The lowest BCUT2D eigenvalue weighted by Crippen LogP contribution is -2.30. The second-order valence-electron chi connectivity index (χ2n) is 5.72. The molecule has 1 aliphatic heterocycles. The molecule has 1 heterocycles. The topological polar surface area (TPSA) is 89.5 Å². The van der Waals surface area contributed by atoms with E-state index in [2.05, 4.69) is 5.32 Å². The molecule has 0 aliphatic carbocycles. The van der Waals surface area contributed by atoms with Gasteiger partial charge >= 0.3 is 5.97 Å². The second-order valence-corrected chi connectivity index (χ2v) is 7.95. The van der Waals surface area contributed by atoms with E-state index in [4.69, 9.17) is 4.74 Å². The number of nitrogens with one attached hydrogen (secondary N) is 1. The van der Waals surface area contributed by atoms with Crippen LogP contribution < -0.4 is 5.32 Å². The predicted octanol–water partition coefficient (Wildman–Crippen LogP) is 1.66. The predicted molar refractivity (Wildman–Crippen MR) is 81.9 cm³/mol. The summed E-state index contributed by atoms with van der Waals surface area (Å²) in [7, 11) is -3.09. The third-order valence-electron chi connectivity index (χ3n) is 3.65. The van der Waals surface area contributed by atoms with Crippen LogP contribution in [0.5, 0.6) is 0 Å². The molecule has 0 bridgehead atoms. The molecule has 2 atom stereocenters. The Balaban J connectivity index is 1.84. The van der Waals surface area contributed by atoms with Gasteiger partial charge in [-0.3, -0.25) is 9.59 Å². The van der Waals surface area contributed by atoms with Gasteiger partial charge in [0.2, 0.25) is 0 Å². The third kappa shape index (κ3) is 4.98. The van der Waals surface area contributed by atoms with Gasteiger partial charge in [0.15, 0.2) is 27.6 Å². The monoisotopic (exact) mass is 361 g/mol. The molecule has 1 saturated heterocycles. The Morgan fingerprint density at radius 3 is 2.62 bits per heavy atom. The smallest absolute Gasteiger partial charge is 0.306 e. The van der Waals surface area contributed by atoms with Crippen LogP contribution in [0.3, 0.4) is 0 Å². The maximum atomic E-state index is 13.1. The number of ether oxygens (including phenoxy) is 1. The summed E-state index contributed by atoms with van der Waals surface area (Å²) >= 11 is 0. The van der Waals surface area contributed by atoms with Crippen molar-refractivity contribution in [2.24, 2.45) is 5.92 Å². The van der Waals surface area contributed by atoms with Gasteiger partial charge < -0.3 is 10.1 Å².